The maximum atomic E-state index is 3.87. The van der Waals surface area contributed by atoms with Crippen LogP contribution in [0.4, 0.5) is 0 Å². The Labute approximate surface area is 131 Å². The number of hydrogen-bond donors (Lipinski definition) is 1. The van der Waals surface area contributed by atoms with Gasteiger partial charge in [0.05, 0.1) is 0 Å². The van der Waals surface area contributed by atoms with E-state index in [4.69, 9.17) is 0 Å². The standard InChI is InChI=1S/C18H35N3/c1-20(2)17-9-12-21(13-17)15-18(14-19-16-7-8-16)10-5-3-4-6-11-18/h16-17,19H,3-15H2,1-2H3. The van der Waals surface area contributed by atoms with Gasteiger partial charge in [-0.05, 0) is 58.2 Å². The van der Waals surface area contributed by atoms with E-state index in [0.29, 0.717) is 5.41 Å². The lowest BCUT2D eigenvalue weighted by Crippen LogP contribution is -2.44. The van der Waals surface area contributed by atoms with Crippen LogP contribution in [0.25, 0.3) is 0 Å². The highest BCUT2D eigenvalue weighted by Crippen LogP contribution is 2.37. The first-order valence-corrected chi connectivity index (χ1v) is 9.29. The number of rotatable bonds is 6. The van der Waals surface area contributed by atoms with Crippen molar-refractivity contribution in [3.8, 4) is 0 Å². The predicted octanol–water partition coefficient (Wildman–Crippen LogP) is 2.71. The van der Waals surface area contributed by atoms with E-state index in [1.165, 1.54) is 84.0 Å². The zero-order valence-electron chi connectivity index (χ0n) is 14.2. The van der Waals surface area contributed by atoms with E-state index in [9.17, 15) is 0 Å². The molecule has 21 heavy (non-hydrogen) atoms. The van der Waals surface area contributed by atoms with Crippen molar-refractivity contribution in [1.82, 2.24) is 15.1 Å². The van der Waals surface area contributed by atoms with Crippen LogP contribution < -0.4 is 5.32 Å². The van der Waals surface area contributed by atoms with E-state index < -0.39 is 0 Å². The third-order valence-corrected chi connectivity index (χ3v) is 6.04. The molecule has 0 bridgehead atoms. The Morgan fingerprint density at radius 2 is 1.76 bits per heavy atom. The van der Waals surface area contributed by atoms with Gasteiger partial charge in [-0.1, -0.05) is 25.7 Å². The highest BCUT2D eigenvalue weighted by molar-refractivity contribution is 4.93. The van der Waals surface area contributed by atoms with Crippen LogP contribution in [-0.4, -0.2) is 62.2 Å². The summed E-state index contributed by atoms with van der Waals surface area (Å²) in [6.07, 6.45) is 12.9. The zero-order valence-corrected chi connectivity index (χ0v) is 14.2. The first-order valence-electron chi connectivity index (χ1n) is 9.29. The van der Waals surface area contributed by atoms with Crippen molar-refractivity contribution in [3.63, 3.8) is 0 Å². The van der Waals surface area contributed by atoms with E-state index in [1.54, 1.807) is 0 Å². The Bertz CT molecular complexity index is 316. The number of likely N-dealkylation sites (N-methyl/N-ethyl adjacent to an activating group) is 1. The van der Waals surface area contributed by atoms with E-state index >= 15 is 0 Å². The largest absolute Gasteiger partial charge is 0.313 e. The Hall–Kier alpha value is -0.120. The minimum absolute atomic E-state index is 0.570. The van der Waals surface area contributed by atoms with Crippen molar-refractivity contribution in [2.75, 3.05) is 40.3 Å². The van der Waals surface area contributed by atoms with Crippen molar-refractivity contribution >= 4 is 0 Å². The number of nitrogens with zero attached hydrogens (tertiary/aromatic N) is 2. The van der Waals surface area contributed by atoms with Gasteiger partial charge in [0.15, 0.2) is 0 Å². The molecule has 0 spiro atoms. The van der Waals surface area contributed by atoms with Gasteiger partial charge in [0, 0.05) is 31.7 Å². The third-order valence-electron chi connectivity index (χ3n) is 6.04. The second-order valence-corrected chi connectivity index (χ2v) is 8.21. The fraction of sp³-hybridized carbons (Fsp3) is 1.00. The molecule has 3 rings (SSSR count). The van der Waals surface area contributed by atoms with Crippen LogP contribution in [0, 0.1) is 5.41 Å². The highest BCUT2D eigenvalue weighted by Gasteiger charge is 2.36. The van der Waals surface area contributed by atoms with Gasteiger partial charge in [0.2, 0.25) is 0 Å². The second kappa shape index (κ2) is 6.97. The molecule has 3 nitrogen and oxygen atoms in total. The van der Waals surface area contributed by atoms with Gasteiger partial charge in [-0.15, -0.1) is 0 Å². The summed E-state index contributed by atoms with van der Waals surface area (Å²) in [5, 5.41) is 3.87. The molecule has 1 atom stereocenters. The van der Waals surface area contributed by atoms with Gasteiger partial charge in [0.1, 0.15) is 0 Å². The molecule has 0 amide bonds. The summed E-state index contributed by atoms with van der Waals surface area (Å²) in [5.41, 5.74) is 0.570. The molecule has 122 valence electrons. The second-order valence-electron chi connectivity index (χ2n) is 8.21. The zero-order chi connectivity index (χ0) is 14.7. The van der Waals surface area contributed by atoms with Crippen LogP contribution >= 0.6 is 0 Å². The lowest BCUT2D eigenvalue weighted by molar-refractivity contribution is 0.138. The Kier molecular flexibility index (Phi) is 5.23. The average molecular weight is 293 g/mol. The van der Waals surface area contributed by atoms with Crippen molar-refractivity contribution in [2.24, 2.45) is 5.41 Å². The minimum Gasteiger partial charge on any atom is -0.313 e. The molecule has 1 N–H and O–H groups in total. The molecule has 1 unspecified atom stereocenters. The van der Waals surface area contributed by atoms with Crippen LogP contribution in [0.2, 0.25) is 0 Å². The Balaban J connectivity index is 1.58. The number of likely N-dealkylation sites (tertiary alicyclic amines) is 1. The summed E-state index contributed by atoms with van der Waals surface area (Å²) in [5.74, 6) is 0. The minimum atomic E-state index is 0.570. The fourth-order valence-corrected chi connectivity index (χ4v) is 4.37. The first kappa shape index (κ1) is 15.8. The van der Waals surface area contributed by atoms with Gasteiger partial charge in [-0.3, -0.25) is 0 Å². The monoisotopic (exact) mass is 293 g/mol. The van der Waals surface area contributed by atoms with Crippen molar-refractivity contribution in [2.45, 2.75) is 69.9 Å². The molecular weight excluding hydrogens is 258 g/mol. The molecule has 1 saturated heterocycles. The van der Waals surface area contributed by atoms with E-state index in [0.717, 1.165) is 12.1 Å². The summed E-state index contributed by atoms with van der Waals surface area (Å²) >= 11 is 0. The quantitative estimate of drug-likeness (QED) is 0.760. The molecule has 0 aromatic rings. The Morgan fingerprint density at radius 3 is 2.33 bits per heavy atom. The molecule has 3 aliphatic rings. The molecule has 2 aliphatic carbocycles. The van der Waals surface area contributed by atoms with Crippen molar-refractivity contribution in [1.29, 1.82) is 0 Å². The van der Waals surface area contributed by atoms with Crippen LogP contribution in [0.15, 0.2) is 0 Å². The number of hydrogen-bond acceptors (Lipinski definition) is 3. The van der Waals surface area contributed by atoms with Crippen LogP contribution in [0.3, 0.4) is 0 Å². The molecular formula is C18H35N3. The number of nitrogens with one attached hydrogen (secondary N) is 1. The van der Waals surface area contributed by atoms with Gasteiger partial charge in [-0.2, -0.15) is 0 Å². The first-order chi connectivity index (χ1) is 10.2. The SMILES string of the molecule is CN(C)C1CCN(CC2(CNC3CC3)CCCCCC2)C1. The molecule has 0 aromatic heterocycles. The lowest BCUT2D eigenvalue weighted by Gasteiger charge is -2.37. The molecule has 1 aliphatic heterocycles. The topological polar surface area (TPSA) is 18.5 Å². The molecule has 2 saturated carbocycles. The maximum absolute atomic E-state index is 3.87. The van der Waals surface area contributed by atoms with Crippen LogP contribution in [0.5, 0.6) is 0 Å². The van der Waals surface area contributed by atoms with Gasteiger partial charge >= 0.3 is 0 Å². The molecule has 1 heterocycles. The van der Waals surface area contributed by atoms with E-state index in [-0.39, 0.29) is 0 Å². The summed E-state index contributed by atoms with van der Waals surface area (Å²) in [6, 6.07) is 1.64. The Morgan fingerprint density at radius 1 is 1.05 bits per heavy atom. The van der Waals surface area contributed by atoms with Gasteiger partial charge in [0.25, 0.3) is 0 Å². The van der Waals surface area contributed by atoms with Crippen LogP contribution in [0.1, 0.15) is 57.8 Å². The average Bonchev–Trinajstić information content (AvgIpc) is 3.21. The summed E-state index contributed by atoms with van der Waals surface area (Å²) < 4.78 is 0. The van der Waals surface area contributed by atoms with Gasteiger partial charge in [-0.25, -0.2) is 0 Å². The highest BCUT2D eigenvalue weighted by atomic mass is 15.2. The van der Waals surface area contributed by atoms with E-state index in [2.05, 4.69) is 29.2 Å². The summed E-state index contributed by atoms with van der Waals surface area (Å²) in [6.45, 7) is 5.23. The lowest BCUT2D eigenvalue weighted by atomic mass is 9.79. The van der Waals surface area contributed by atoms with Gasteiger partial charge < -0.3 is 15.1 Å². The molecule has 0 aromatic carbocycles. The molecule has 0 radical (unpaired) electrons. The molecule has 3 fully saturated rings. The van der Waals surface area contributed by atoms with Crippen molar-refractivity contribution < 1.29 is 0 Å². The molecule has 3 heteroatoms. The normalized spacial score (nSPS) is 30.7. The summed E-state index contributed by atoms with van der Waals surface area (Å²) in [7, 11) is 4.48. The smallest absolute Gasteiger partial charge is 0.0229 e. The summed E-state index contributed by atoms with van der Waals surface area (Å²) in [4.78, 5) is 5.19. The predicted molar refractivity (Wildman–Crippen MR) is 89.7 cm³/mol. The fourth-order valence-electron chi connectivity index (χ4n) is 4.37. The third kappa shape index (κ3) is 4.43. The van der Waals surface area contributed by atoms with E-state index in [1.807, 2.05) is 0 Å². The van der Waals surface area contributed by atoms with Crippen molar-refractivity contribution in [3.05, 3.63) is 0 Å². The maximum Gasteiger partial charge on any atom is 0.0229 e. The van der Waals surface area contributed by atoms with Crippen LogP contribution in [-0.2, 0) is 0 Å².